The van der Waals surface area contributed by atoms with E-state index in [-0.39, 0.29) is 20.2 Å². The van der Waals surface area contributed by atoms with E-state index in [1.165, 1.54) is 0 Å². The second-order valence-corrected chi connectivity index (χ2v) is 4.56. The highest BCUT2D eigenvalue weighted by molar-refractivity contribution is 9.10. The molecule has 0 aliphatic rings. The monoisotopic (exact) mass is 291 g/mol. The quantitative estimate of drug-likeness (QED) is 0.822. The molecule has 2 aromatic rings. The average molecular weight is 292 g/mol. The molecule has 0 amide bonds. The summed E-state index contributed by atoms with van der Waals surface area (Å²) in [7, 11) is 0. The molecule has 7 heteroatoms. The summed E-state index contributed by atoms with van der Waals surface area (Å²) in [5.74, 6) is -1.13. The summed E-state index contributed by atoms with van der Waals surface area (Å²) < 4.78 is 26.7. The van der Waals surface area contributed by atoms with Crippen LogP contribution in [0.15, 0.2) is 16.6 Å². The number of nitrogen functional groups attached to an aromatic ring is 1. The summed E-state index contributed by atoms with van der Waals surface area (Å²) in [6, 6.07) is 2.10. The summed E-state index contributed by atoms with van der Waals surface area (Å²) in [6.45, 7) is 0. The molecule has 0 spiro atoms. The average Bonchev–Trinajstić information content (AvgIpc) is 2.58. The van der Waals surface area contributed by atoms with Gasteiger partial charge in [-0.3, -0.25) is 0 Å². The molecule has 0 saturated carbocycles. The highest BCUT2D eigenvalue weighted by atomic mass is 79.9. The molecule has 0 unspecified atom stereocenters. The predicted molar refractivity (Wildman–Crippen MR) is 57.4 cm³/mol. The fourth-order valence-corrected chi connectivity index (χ4v) is 1.97. The van der Waals surface area contributed by atoms with E-state index in [1.807, 2.05) is 0 Å². The van der Waals surface area contributed by atoms with Gasteiger partial charge in [-0.2, -0.15) is 0 Å². The molecule has 3 nitrogen and oxygen atoms in total. The van der Waals surface area contributed by atoms with Gasteiger partial charge in [-0.15, -0.1) is 10.2 Å². The number of hydrogen-bond donors (Lipinski definition) is 1. The highest BCUT2D eigenvalue weighted by Gasteiger charge is 2.13. The maximum absolute atomic E-state index is 13.4. The van der Waals surface area contributed by atoms with Crippen molar-refractivity contribution in [2.24, 2.45) is 0 Å². The standard InChI is InChI=1S/C8H4BrF2N3S/c9-4-2-5(10)3(1-6(4)11)7-13-14-8(12)15-7/h1-2H,(H2,12,14). The Morgan fingerprint density at radius 3 is 2.53 bits per heavy atom. The zero-order chi connectivity index (χ0) is 11.0. The lowest BCUT2D eigenvalue weighted by molar-refractivity contribution is 0.597. The zero-order valence-corrected chi connectivity index (χ0v) is 9.57. The van der Waals surface area contributed by atoms with Gasteiger partial charge in [0.15, 0.2) is 5.01 Å². The maximum Gasteiger partial charge on any atom is 0.203 e. The van der Waals surface area contributed by atoms with E-state index in [4.69, 9.17) is 5.73 Å². The Balaban J connectivity index is 2.58. The molecule has 1 heterocycles. The second kappa shape index (κ2) is 3.82. The van der Waals surface area contributed by atoms with Crippen molar-refractivity contribution in [3.63, 3.8) is 0 Å². The molecule has 0 saturated heterocycles. The van der Waals surface area contributed by atoms with E-state index >= 15 is 0 Å². The Bertz CT molecular complexity index is 515. The Morgan fingerprint density at radius 2 is 1.93 bits per heavy atom. The molecule has 2 rings (SSSR count). The van der Waals surface area contributed by atoms with Gasteiger partial charge in [0, 0.05) is 0 Å². The third-order valence-electron chi connectivity index (χ3n) is 1.68. The number of benzene rings is 1. The molecule has 0 radical (unpaired) electrons. The lowest BCUT2D eigenvalue weighted by Gasteiger charge is -2.00. The van der Waals surface area contributed by atoms with Gasteiger partial charge in [-0.05, 0) is 28.1 Å². The molecular weight excluding hydrogens is 288 g/mol. The number of hydrogen-bond acceptors (Lipinski definition) is 4. The van der Waals surface area contributed by atoms with Gasteiger partial charge in [-0.1, -0.05) is 11.3 Å². The lowest BCUT2D eigenvalue weighted by Crippen LogP contribution is -1.87. The summed E-state index contributed by atoms with van der Waals surface area (Å²) in [4.78, 5) is 0. The van der Waals surface area contributed by atoms with E-state index < -0.39 is 11.6 Å². The molecule has 0 atom stereocenters. The molecule has 0 aliphatic heterocycles. The number of nitrogens with two attached hydrogens (primary N) is 1. The number of rotatable bonds is 1. The molecule has 0 bridgehead atoms. The Morgan fingerprint density at radius 1 is 1.20 bits per heavy atom. The van der Waals surface area contributed by atoms with Crippen LogP contribution in [0.3, 0.4) is 0 Å². The number of nitrogens with zero attached hydrogens (tertiary/aromatic N) is 2. The Labute approximate surface area is 96.1 Å². The van der Waals surface area contributed by atoms with Crippen LogP contribution in [0, 0.1) is 11.6 Å². The minimum Gasteiger partial charge on any atom is -0.374 e. The van der Waals surface area contributed by atoms with Crippen LogP contribution >= 0.6 is 27.3 Å². The van der Waals surface area contributed by atoms with Crippen LogP contribution in [-0.2, 0) is 0 Å². The third-order valence-corrected chi connectivity index (χ3v) is 3.07. The van der Waals surface area contributed by atoms with Gasteiger partial charge in [0.25, 0.3) is 0 Å². The Kier molecular flexibility index (Phi) is 2.66. The smallest absolute Gasteiger partial charge is 0.203 e. The van der Waals surface area contributed by atoms with Gasteiger partial charge in [0.2, 0.25) is 5.13 Å². The molecule has 0 aliphatic carbocycles. The first-order valence-corrected chi connectivity index (χ1v) is 5.43. The van der Waals surface area contributed by atoms with Crippen LogP contribution < -0.4 is 5.73 Å². The van der Waals surface area contributed by atoms with Gasteiger partial charge in [0.05, 0.1) is 10.0 Å². The van der Waals surface area contributed by atoms with E-state index in [0.29, 0.717) is 0 Å². The van der Waals surface area contributed by atoms with Crippen molar-refractivity contribution < 1.29 is 8.78 Å². The van der Waals surface area contributed by atoms with E-state index in [9.17, 15) is 8.78 Å². The molecule has 0 fully saturated rings. The third kappa shape index (κ3) is 1.98. The fourth-order valence-electron chi connectivity index (χ4n) is 1.03. The molecular formula is C8H4BrF2N3S. The van der Waals surface area contributed by atoms with Gasteiger partial charge < -0.3 is 5.73 Å². The summed E-state index contributed by atoms with van der Waals surface area (Å²) in [5, 5.41) is 7.65. The van der Waals surface area contributed by atoms with Crippen LogP contribution in [0.4, 0.5) is 13.9 Å². The van der Waals surface area contributed by atoms with Crippen molar-refractivity contribution in [1.29, 1.82) is 0 Å². The van der Waals surface area contributed by atoms with Crippen molar-refractivity contribution in [2.45, 2.75) is 0 Å². The maximum atomic E-state index is 13.4. The van der Waals surface area contributed by atoms with Crippen LogP contribution in [0.1, 0.15) is 0 Å². The van der Waals surface area contributed by atoms with Crippen molar-refractivity contribution in [1.82, 2.24) is 10.2 Å². The van der Waals surface area contributed by atoms with E-state index in [2.05, 4.69) is 26.1 Å². The van der Waals surface area contributed by atoms with Gasteiger partial charge in [0.1, 0.15) is 11.6 Å². The minimum atomic E-state index is -0.570. The first-order valence-electron chi connectivity index (χ1n) is 3.82. The summed E-state index contributed by atoms with van der Waals surface area (Å²) >= 11 is 3.89. The number of anilines is 1. The van der Waals surface area contributed by atoms with Gasteiger partial charge >= 0.3 is 0 Å². The largest absolute Gasteiger partial charge is 0.374 e. The van der Waals surface area contributed by atoms with E-state index in [0.717, 1.165) is 23.5 Å². The topological polar surface area (TPSA) is 51.8 Å². The van der Waals surface area contributed by atoms with Crippen LogP contribution in [0.5, 0.6) is 0 Å². The molecule has 78 valence electrons. The van der Waals surface area contributed by atoms with Gasteiger partial charge in [-0.25, -0.2) is 8.78 Å². The van der Waals surface area contributed by atoms with Crippen molar-refractivity contribution in [3.8, 4) is 10.6 Å². The normalized spacial score (nSPS) is 10.6. The fraction of sp³-hybridized carbons (Fsp3) is 0. The second-order valence-electron chi connectivity index (χ2n) is 2.69. The minimum absolute atomic E-state index is 0.0601. The van der Waals surface area contributed by atoms with E-state index in [1.54, 1.807) is 0 Å². The molecule has 1 aromatic carbocycles. The van der Waals surface area contributed by atoms with Crippen molar-refractivity contribution in [2.75, 3.05) is 5.73 Å². The predicted octanol–water partition coefficient (Wildman–Crippen LogP) is 2.83. The zero-order valence-electron chi connectivity index (χ0n) is 7.17. The molecule has 2 N–H and O–H groups in total. The Hall–Kier alpha value is -1.08. The first-order chi connectivity index (χ1) is 7.08. The highest BCUT2D eigenvalue weighted by Crippen LogP contribution is 2.30. The molecule has 15 heavy (non-hydrogen) atoms. The van der Waals surface area contributed by atoms with Crippen molar-refractivity contribution >= 4 is 32.4 Å². The van der Waals surface area contributed by atoms with Crippen LogP contribution in [0.2, 0.25) is 0 Å². The summed E-state index contributed by atoms with van der Waals surface area (Å²) in [5.41, 5.74) is 5.41. The summed E-state index contributed by atoms with van der Waals surface area (Å²) in [6.07, 6.45) is 0. The lowest BCUT2D eigenvalue weighted by atomic mass is 10.2. The van der Waals surface area contributed by atoms with Crippen molar-refractivity contribution in [3.05, 3.63) is 28.2 Å². The van der Waals surface area contributed by atoms with Crippen LogP contribution in [-0.4, -0.2) is 10.2 Å². The van der Waals surface area contributed by atoms with Crippen LogP contribution in [0.25, 0.3) is 10.6 Å². The SMILES string of the molecule is Nc1nnc(-c2cc(F)c(Br)cc2F)s1. The molecule has 1 aromatic heterocycles. The first kappa shape index (κ1) is 10.4. The number of halogens is 3. The number of aromatic nitrogens is 2.